The van der Waals surface area contributed by atoms with Crippen LogP contribution in [-0.2, 0) is 0 Å². The Hall–Kier alpha value is -0.420. The van der Waals surface area contributed by atoms with Gasteiger partial charge >= 0.3 is 0 Å². The Morgan fingerprint density at radius 3 is 2.92 bits per heavy atom. The minimum Gasteiger partial charge on any atom is -0.271 e. The molecule has 0 radical (unpaired) electrons. The minimum absolute atomic E-state index is 0.462. The van der Waals surface area contributed by atoms with Crippen molar-refractivity contribution in [1.29, 1.82) is 0 Å². The van der Waals surface area contributed by atoms with Crippen LogP contribution in [-0.4, -0.2) is 26.2 Å². The molecule has 1 atom stereocenters. The molecular formula is C8H11N3S2. The van der Waals surface area contributed by atoms with Crippen molar-refractivity contribution >= 4 is 28.3 Å². The summed E-state index contributed by atoms with van der Waals surface area (Å²) in [5.74, 6) is 1.71. The number of aromatic nitrogens is 2. The zero-order chi connectivity index (χ0) is 9.26. The molecule has 1 aliphatic rings. The summed E-state index contributed by atoms with van der Waals surface area (Å²) in [6.45, 7) is 4.41. The zero-order valence-electron chi connectivity index (χ0n) is 7.60. The Morgan fingerprint density at radius 2 is 2.38 bits per heavy atom. The molecule has 0 fully saturated rings. The highest BCUT2D eigenvalue weighted by Crippen LogP contribution is 2.27. The van der Waals surface area contributed by atoms with Crippen molar-refractivity contribution in [3.8, 4) is 0 Å². The van der Waals surface area contributed by atoms with Gasteiger partial charge < -0.3 is 0 Å². The number of rotatable bonds is 2. The van der Waals surface area contributed by atoms with E-state index in [-0.39, 0.29) is 0 Å². The molecule has 0 amide bonds. The molecule has 0 spiro atoms. The lowest BCUT2D eigenvalue weighted by atomic mass is 10.1. The average molecular weight is 213 g/mol. The zero-order valence-corrected chi connectivity index (χ0v) is 9.23. The van der Waals surface area contributed by atoms with Crippen molar-refractivity contribution in [3.05, 3.63) is 11.3 Å². The van der Waals surface area contributed by atoms with Crippen molar-refractivity contribution in [2.24, 2.45) is 10.9 Å². The Balaban J connectivity index is 2.15. The minimum atomic E-state index is 0.462. The summed E-state index contributed by atoms with van der Waals surface area (Å²) in [5.41, 5.74) is 0. The average Bonchev–Trinajstić information content (AvgIpc) is 2.75. The van der Waals surface area contributed by atoms with E-state index in [0.29, 0.717) is 12.0 Å². The summed E-state index contributed by atoms with van der Waals surface area (Å²) in [6, 6.07) is 0.462. The van der Waals surface area contributed by atoms with E-state index in [0.717, 1.165) is 15.8 Å². The molecule has 1 aromatic heterocycles. The van der Waals surface area contributed by atoms with Gasteiger partial charge in [0.15, 0.2) is 5.01 Å². The van der Waals surface area contributed by atoms with Gasteiger partial charge in [-0.15, -0.1) is 11.8 Å². The predicted molar refractivity (Wildman–Crippen MR) is 57.5 cm³/mol. The fourth-order valence-electron chi connectivity index (χ4n) is 1.12. The highest BCUT2D eigenvalue weighted by Gasteiger charge is 2.23. The van der Waals surface area contributed by atoms with E-state index < -0.39 is 0 Å². The van der Waals surface area contributed by atoms with E-state index in [1.165, 1.54) is 11.5 Å². The second-order valence-electron chi connectivity index (χ2n) is 3.30. The van der Waals surface area contributed by atoms with Crippen LogP contribution < -0.4 is 0 Å². The highest BCUT2D eigenvalue weighted by molar-refractivity contribution is 8.15. The van der Waals surface area contributed by atoms with Gasteiger partial charge in [0, 0.05) is 5.75 Å². The fraction of sp³-hybridized carbons (Fsp3) is 0.625. The Labute approximate surface area is 85.9 Å². The summed E-state index contributed by atoms with van der Waals surface area (Å²) >= 11 is 3.22. The van der Waals surface area contributed by atoms with Gasteiger partial charge in [0.05, 0.1) is 6.04 Å². The maximum atomic E-state index is 4.62. The normalized spacial score (nSPS) is 22.4. The molecule has 1 aromatic rings. The number of aliphatic imine (C=N–C) groups is 1. The van der Waals surface area contributed by atoms with Gasteiger partial charge in [-0.3, -0.25) is 4.99 Å². The van der Waals surface area contributed by atoms with Crippen LogP contribution in [0.2, 0.25) is 0 Å². The third-order valence-corrected chi connectivity index (χ3v) is 3.87. The molecule has 0 saturated carbocycles. The predicted octanol–water partition coefficient (Wildman–Crippen LogP) is 2.06. The SMILES string of the molecule is CC(C)C1CSC(c2ncns2)=N1. The number of hydrogen-bond donors (Lipinski definition) is 0. The van der Waals surface area contributed by atoms with Crippen LogP contribution in [0, 0.1) is 5.92 Å². The lowest BCUT2D eigenvalue weighted by Crippen LogP contribution is -2.11. The van der Waals surface area contributed by atoms with Gasteiger partial charge in [-0.05, 0) is 17.5 Å². The molecule has 3 nitrogen and oxygen atoms in total. The Kier molecular flexibility index (Phi) is 2.64. The molecule has 5 heteroatoms. The molecule has 2 rings (SSSR count). The first kappa shape index (κ1) is 9.15. The summed E-state index contributed by atoms with van der Waals surface area (Å²) < 4.78 is 3.97. The van der Waals surface area contributed by atoms with E-state index in [2.05, 4.69) is 28.2 Å². The molecule has 0 aromatic carbocycles. The maximum Gasteiger partial charge on any atom is 0.168 e. The van der Waals surface area contributed by atoms with E-state index in [1.807, 2.05) is 0 Å². The quantitative estimate of drug-likeness (QED) is 0.754. The van der Waals surface area contributed by atoms with Gasteiger partial charge in [-0.2, -0.15) is 4.37 Å². The van der Waals surface area contributed by atoms with Crippen LogP contribution in [0.15, 0.2) is 11.3 Å². The van der Waals surface area contributed by atoms with Crippen molar-refractivity contribution in [1.82, 2.24) is 9.36 Å². The number of nitrogens with zero attached hydrogens (tertiary/aromatic N) is 3. The lowest BCUT2D eigenvalue weighted by Gasteiger charge is -2.07. The molecule has 1 unspecified atom stereocenters. The summed E-state index contributed by atoms with van der Waals surface area (Å²) in [4.78, 5) is 8.77. The molecule has 2 heterocycles. The Bertz CT molecular complexity index is 305. The molecule has 0 N–H and O–H groups in total. The summed E-state index contributed by atoms with van der Waals surface area (Å²) in [6.07, 6.45) is 1.59. The first-order chi connectivity index (χ1) is 6.27. The second-order valence-corrected chi connectivity index (χ2v) is 5.09. The largest absolute Gasteiger partial charge is 0.271 e. The van der Waals surface area contributed by atoms with Crippen LogP contribution in [0.3, 0.4) is 0 Å². The van der Waals surface area contributed by atoms with Gasteiger partial charge in [0.25, 0.3) is 0 Å². The second kappa shape index (κ2) is 3.75. The molecular weight excluding hydrogens is 202 g/mol. The molecule has 1 aliphatic heterocycles. The van der Waals surface area contributed by atoms with Crippen LogP contribution >= 0.6 is 23.3 Å². The van der Waals surface area contributed by atoms with E-state index in [1.54, 1.807) is 18.1 Å². The molecule has 70 valence electrons. The van der Waals surface area contributed by atoms with E-state index in [9.17, 15) is 0 Å². The molecule has 0 bridgehead atoms. The van der Waals surface area contributed by atoms with Crippen molar-refractivity contribution in [3.63, 3.8) is 0 Å². The fourth-order valence-corrected chi connectivity index (χ4v) is 3.00. The summed E-state index contributed by atoms with van der Waals surface area (Å²) in [5, 5.41) is 2.04. The van der Waals surface area contributed by atoms with Gasteiger partial charge in [-0.25, -0.2) is 4.98 Å². The highest BCUT2D eigenvalue weighted by atomic mass is 32.2. The lowest BCUT2D eigenvalue weighted by molar-refractivity contribution is 0.543. The third kappa shape index (κ3) is 1.91. The first-order valence-corrected chi connectivity index (χ1v) is 6.01. The Morgan fingerprint density at radius 1 is 1.54 bits per heavy atom. The van der Waals surface area contributed by atoms with Gasteiger partial charge in [-0.1, -0.05) is 13.8 Å². The first-order valence-electron chi connectivity index (χ1n) is 4.25. The van der Waals surface area contributed by atoms with Crippen molar-refractivity contribution in [2.75, 3.05) is 5.75 Å². The molecule has 13 heavy (non-hydrogen) atoms. The smallest absolute Gasteiger partial charge is 0.168 e. The monoisotopic (exact) mass is 213 g/mol. The number of hydrogen-bond acceptors (Lipinski definition) is 5. The topological polar surface area (TPSA) is 38.1 Å². The standard InChI is InChI=1S/C8H11N3S2/c1-5(2)6-3-12-8(11-6)7-9-4-10-13-7/h4-6H,3H2,1-2H3. The van der Waals surface area contributed by atoms with Crippen LogP contribution in [0.5, 0.6) is 0 Å². The van der Waals surface area contributed by atoms with Crippen LogP contribution in [0.1, 0.15) is 18.9 Å². The van der Waals surface area contributed by atoms with Crippen LogP contribution in [0.4, 0.5) is 0 Å². The van der Waals surface area contributed by atoms with Crippen molar-refractivity contribution in [2.45, 2.75) is 19.9 Å². The number of thioether (sulfide) groups is 1. The molecule has 0 saturated heterocycles. The van der Waals surface area contributed by atoms with Gasteiger partial charge in [0.2, 0.25) is 0 Å². The summed E-state index contributed by atoms with van der Waals surface area (Å²) in [7, 11) is 0. The third-order valence-electron chi connectivity index (χ3n) is 1.99. The van der Waals surface area contributed by atoms with E-state index >= 15 is 0 Å². The molecule has 0 aliphatic carbocycles. The maximum absolute atomic E-state index is 4.62. The van der Waals surface area contributed by atoms with E-state index in [4.69, 9.17) is 0 Å². The van der Waals surface area contributed by atoms with Gasteiger partial charge in [0.1, 0.15) is 11.4 Å². The van der Waals surface area contributed by atoms with Crippen molar-refractivity contribution < 1.29 is 0 Å². The van der Waals surface area contributed by atoms with Crippen LogP contribution in [0.25, 0.3) is 0 Å².